The van der Waals surface area contributed by atoms with Crippen LogP contribution in [0.15, 0.2) is 11.5 Å². The minimum Gasteiger partial charge on any atom is -0.394 e. The van der Waals surface area contributed by atoms with Gasteiger partial charge in [-0.05, 0) is 0 Å². The summed E-state index contributed by atoms with van der Waals surface area (Å²) in [6, 6.07) is 0. The third-order valence-electron chi connectivity index (χ3n) is 3.37. The Morgan fingerprint density at radius 1 is 1.23 bits per heavy atom. The minimum atomic E-state index is -1.43. The minimum absolute atomic E-state index is 0.234. The molecule has 2 aromatic heterocycles. The van der Waals surface area contributed by atoms with Gasteiger partial charge in [-0.1, -0.05) is 11.8 Å². The van der Waals surface area contributed by atoms with Gasteiger partial charge in [0.2, 0.25) is 0 Å². The van der Waals surface area contributed by atoms with Crippen LogP contribution in [-0.2, 0) is 4.74 Å². The van der Waals surface area contributed by atoms with Crippen molar-refractivity contribution in [1.82, 2.24) is 19.9 Å². The molecule has 3 rings (SSSR count). The largest absolute Gasteiger partial charge is 0.394 e. The van der Waals surface area contributed by atoms with Gasteiger partial charge in [-0.15, -0.1) is 0 Å². The summed E-state index contributed by atoms with van der Waals surface area (Å²) in [4.78, 5) is 14.9. The van der Waals surface area contributed by atoms with Gasteiger partial charge in [0, 0.05) is 0 Å². The maximum atomic E-state index is 9.98. The molecule has 0 amide bonds. The van der Waals surface area contributed by atoms with Crippen molar-refractivity contribution in [3.05, 3.63) is 6.33 Å². The van der Waals surface area contributed by atoms with Crippen LogP contribution in [0.25, 0.3) is 11.2 Å². The number of hydrogen-bond donors (Lipinski definition) is 6. The third-order valence-corrected chi connectivity index (χ3v) is 4.41. The lowest BCUT2D eigenvalue weighted by molar-refractivity contribution is -0.205. The van der Waals surface area contributed by atoms with Gasteiger partial charge in [-0.3, -0.25) is 0 Å². The maximum absolute atomic E-state index is 9.98. The van der Waals surface area contributed by atoms with E-state index in [-0.39, 0.29) is 5.82 Å². The summed E-state index contributed by atoms with van der Waals surface area (Å²) in [5.74, 6) is 0.234. The number of H-pyrrole nitrogens is 1. The van der Waals surface area contributed by atoms with Crippen molar-refractivity contribution in [2.75, 3.05) is 12.3 Å². The normalized spacial score (nSPS) is 32.5. The average Bonchev–Trinajstić information content (AvgIpc) is 2.92. The number of aliphatic hydroxyl groups excluding tert-OH is 4. The summed E-state index contributed by atoms with van der Waals surface area (Å²) in [6.45, 7) is -0.486. The molecule has 0 spiro atoms. The van der Waals surface area contributed by atoms with Gasteiger partial charge in [-0.2, -0.15) is 0 Å². The zero-order valence-corrected chi connectivity index (χ0v) is 12.0. The number of rotatable bonds is 3. The number of nitrogen functional groups attached to an aromatic ring is 1. The Balaban J connectivity index is 1.82. The van der Waals surface area contributed by atoms with Crippen molar-refractivity contribution in [3.8, 4) is 0 Å². The van der Waals surface area contributed by atoms with E-state index in [9.17, 15) is 15.3 Å². The van der Waals surface area contributed by atoms with E-state index < -0.39 is 36.5 Å². The smallest absolute Gasteiger partial charge is 0.183 e. The van der Waals surface area contributed by atoms with E-state index in [1.165, 1.54) is 6.33 Å². The quantitative estimate of drug-likeness (QED) is 0.364. The molecule has 5 atom stereocenters. The molecule has 1 aliphatic rings. The van der Waals surface area contributed by atoms with Gasteiger partial charge in [0.05, 0.1) is 6.61 Å². The van der Waals surface area contributed by atoms with Gasteiger partial charge in [0.15, 0.2) is 16.6 Å². The Hall–Kier alpha value is -1.50. The van der Waals surface area contributed by atoms with Gasteiger partial charge in [0.1, 0.15) is 41.7 Å². The highest BCUT2D eigenvalue weighted by Crippen LogP contribution is 2.33. The van der Waals surface area contributed by atoms with Gasteiger partial charge in [0.25, 0.3) is 0 Å². The lowest BCUT2D eigenvalue weighted by Crippen LogP contribution is -2.57. The molecule has 0 saturated carbocycles. The number of anilines is 1. The standard InChI is InChI=1S/C11H15N5O5S/c12-8-4-9(14-2-13-8)16-11(15-4)22-10-7(20)6(19)5(18)3(1-17)21-10/h2-3,5-7,10,17-20H,1H2,(H3,12,13,14,15,16)/t3-,5+,6+,7-,10+/m0/s1. The average molecular weight is 329 g/mol. The van der Waals surface area contributed by atoms with Crippen LogP contribution >= 0.6 is 11.8 Å². The number of imidazole rings is 1. The van der Waals surface area contributed by atoms with Crippen LogP contribution in [0, 0.1) is 0 Å². The van der Waals surface area contributed by atoms with Crippen LogP contribution in [0.3, 0.4) is 0 Å². The van der Waals surface area contributed by atoms with Crippen molar-refractivity contribution in [1.29, 1.82) is 0 Å². The van der Waals surface area contributed by atoms with Crippen molar-refractivity contribution in [2.45, 2.75) is 35.0 Å². The van der Waals surface area contributed by atoms with E-state index in [1.54, 1.807) is 0 Å². The van der Waals surface area contributed by atoms with Crippen molar-refractivity contribution in [2.24, 2.45) is 0 Å². The van der Waals surface area contributed by atoms with E-state index in [0.717, 1.165) is 11.8 Å². The molecule has 0 radical (unpaired) electrons. The molecular weight excluding hydrogens is 314 g/mol. The molecule has 0 bridgehead atoms. The molecule has 120 valence electrons. The fourth-order valence-electron chi connectivity index (χ4n) is 2.16. The summed E-state index contributed by atoms with van der Waals surface area (Å²) in [5, 5.41) is 39.0. The SMILES string of the molecule is Nc1ncnc2nc(S[C@H]3O[C@@H](CO)[C@@H](O)[C@@H](O)[C@@H]3O)[nH]c12. The number of aromatic nitrogens is 4. The summed E-state index contributed by atoms with van der Waals surface area (Å²) >= 11 is 0.988. The van der Waals surface area contributed by atoms with Crippen molar-refractivity contribution in [3.63, 3.8) is 0 Å². The lowest BCUT2D eigenvalue weighted by atomic mass is 10.0. The first-order chi connectivity index (χ1) is 10.5. The molecule has 1 fully saturated rings. The molecule has 22 heavy (non-hydrogen) atoms. The summed E-state index contributed by atoms with van der Waals surface area (Å²) in [5.41, 5.74) is 5.58. The molecule has 7 N–H and O–H groups in total. The first-order valence-electron chi connectivity index (χ1n) is 6.44. The van der Waals surface area contributed by atoms with E-state index >= 15 is 0 Å². The molecule has 0 aliphatic carbocycles. The molecule has 1 aliphatic heterocycles. The van der Waals surface area contributed by atoms with Crippen LogP contribution in [0.5, 0.6) is 0 Å². The second kappa shape index (κ2) is 5.95. The monoisotopic (exact) mass is 329 g/mol. The Morgan fingerprint density at radius 3 is 2.68 bits per heavy atom. The number of thioether (sulfide) groups is 1. The molecular formula is C11H15N5O5S. The molecule has 3 heterocycles. The van der Waals surface area contributed by atoms with Gasteiger partial charge in [-0.25, -0.2) is 15.0 Å². The molecule has 10 nitrogen and oxygen atoms in total. The van der Waals surface area contributed by atoms with Gasteiger partial charge >= 0.3 is 0 Å². The Morgan fingerprint density at radius 2 is 2.00 bits per heavy atom. The fourth-order valence-corrected chi connectivity index (χ4v) is 3.17. The van der Waals surface area contributed by atoms with Gasteiger partial charge < -0.3 is 35.9 Å². The van der Waals surface area contributed by atoms with E-state index in [1.807, 2.05) is 0 Å². The molecule has 1 saturated heterocycles. The number of aromatic amines is 1. The lowest BCUT2D eigenvalue weighted by Gasteiger charge is -2.39. The highest BCUT2D eigenvalue weighted by molar-refractivity contribution is 7.99. The number of nitrogens with one attached hydrogen (secondary N) is 1. The van der Waals surface area contributed by atoms with Crippen molar-refractivity contribution < 1.29 is 25.2 Å². The summed E-state index contributed by atoms with van der Waals surface area (Å²) in [6.07, 6.45) is -3.86. The predicted molar refractivity (Wildman–Crippen MR) is 75.7 cm³/mol. The van der Waals surface area contributed by atoms with Crippen LogP contribution in [0.4, 0.5) is 5.82 Å². The van der Waals surface area contributed by atoms with Crippen molar-refractivity contribution >= 4 is 28.7 Å². The van der Waals surface area contributed by atoms with E-state index in [0.29, 0.717) is 16.3 Å². The highest BCUT2D eigenvalue weighted by atomic mass is 32.2. The number of hydrogen-bond acceptors (Lipinski definition) is 10. The number of fused-ring (bicyclic) bond motifs is 1. The molecule has 2 aromatic rings. The van der Waals surface area contributed by atoms with E-state index in [2.05, 4.69) is 19.9 Å². The first-order valence-corrected chi connectivity index (χ1v) is 7.32. The molecule has 11 heteroatoms. The fraction of sp³-hybridized carbons (Fsp3) is 0.545. The number of ether oxygens (including phenoxy) is 1. The predicted octanol–water partition coefficient (Wildman–Crippen LogP) is -2.17. The Kier molecular flexibility index (Phi) is 4.16. The highest BCUT2D eigenvalue weighted by Gasteiger charge is 2.44. The molecule has 0 aromatic carbocycles. The zero-order chi connectivity index (χ0) is 15.9. The van der Waals surface area contributed by atoms with E-state index in [4.69, 9.17) is 15.6 Å². The number of nitrogens with two attached hydrogens (primary N) is 1. The maximum Gasteiger partial charge on any atom is 0.183 e. The summed E-state index contributed by atoms with van der Waals surface area (Å²) < 4.78 is 5.39. The Labute approximate surface area is 128 Å². The molecule has 0 unspecified atom stereocenters. The summed E-state index contributed by atoms with van der Waals surface area (Å²) in [7, 11) is 0. The van der Waals surface area contributed by atoms with Crippen LogP contribution in [0.1, 0.15) is 0 Å². The number of aliphatic hydroxyl groups is 4. The van der Waals surface area contributed by atoms with Crippen LogP contribution in [-0.4, -0.2) is 76.8 Å². The third kappa shape index (κ3) is 2.62. The Bertz CT molecular complexity index is 667. The zero-order valence-electron chi connectivity index (χ0n) is 11.2. The number of nitrogens with zero attached hydrogens (tertiary/aromatic N) is 3. The first kappa shape index (κ1) is 15.4. The second-order valence-corrected chi connectivity index (χ2v) is 5.90. The topological polar surface area (TPSA) is 171 Å². The van der Waals surface area contributed by atoms with Crippen LogP contribution < -0.4 is 5.73 Å². The second-order valence-electron chi connectivity index (χ2n) is 4.81. The van der Waals surface area contributed by atoms with Crippen LogP contribution in [0.2, 0.25) is 0 Å².